The van der Waals surface area contributed by atoms with Crippen molar-refractivity contribution in [2.45, 2.75) is 39.5 Å². The summed E-state index contributed by atoms with van der Waals surface area (Å²) in [6.45, 7) is 5.91. The highest BCUT2D eigenvalue weighted by atomic mass is 79.9. The number of carbonyl (C=O) groups excluding carboxylic acids is 1. The number of nitrogens with one attached hydrogen (secondary N) is 1. The molecule has 1 amide bonds. The van der Waals surface area contributed by atoms with Crippen molar-refractivity contribution >= 4 is 21.8 Å². The number of benzene rings is 1. The first-order valence-corrected chi connectivity index (χ1v) is 6.69. The maximum absolute atomic E-state index is 11.8. The summed E-state index contributed by atoms with van der Waals surface area (Å²) < 4.78 is 6.49. The molecular weight excluding hydrogens is 296 g/mol. The van der Waals surface area contributed by atoms with E-state index in [0.29, 0.717) is 12.3 Å². The van der Waals surface area contributed by atoms with Crippen LogP contribution in [0.3, 0.4) is 0 Å². The molecule has 0 aliphatic carbocycles. The first kappa shape index (κ1) is 15.0. The van der Waals surface area contributed by atoms with Crippen molar-refractivity contribution in [3.05, 3.63) is 28.2 Å². The zero-order valence-corrected chi connectivity index (χ0v) is 12.5. The van der Waals surface area contributed by atoms with Gasteiger partial charge in [-0.2, -0.15) is 0 Å². The number of rotatable bonds is 5. The van der Waals surface area contributed by atoms with Gasteiger partial charge in [0.25, 0.3) is 5.91 Å². The van der Waals surface area contributed by atoms with E-state index in [1.165, 1.54) is 0 Å². The Morgan fingerprint density at radius 3 is 2.67 bits per heavy atom. The largest absolute Gasteiger partial charge is 0.479 e. The van der Waals surface area contributed by atoms with Crippen molar-refractivity contribution in [3.8, 4) is 5.75 Å². The summed E-state index contributed by atoms with van der Waals surface area (Å²) in [4.78, 5) is 11.8. The second kappa shape index (κ2) is 6.75. The summed E-state index contributed by atoms with van der Waals surface area (Å²) in [7, 11) is 0. The predicted molar refractivity (Wildman–Crippen MR) is 75.4 cm³/mol. The molecule has 1 aromatic carbocycles. The van der Waals surface area contributed by atoms with Gasteiger partial charge >= 0.3 is 0 Å². The molecule has 0 aromatic heterocycles. The van der Waals surface area contributed by atoms with Crippen LogP contribution < -0.4 is 15.8 Å². The van der Waals surface area contributed by atoms with Crippen LogP contribution >= 0.6 is 15.9 Å². The second-order valence-corrected chi connectivity index (χ2v) is 5.21. The van der Waals surface area contributed by atoms with Gasteiger partial charge in [-0.25, -0.2) is 0 Å². The van der Waals surface area contributed by atoms with Crippen LogP contribution in [0.25, 0.3) is 0 Å². The second-order valence-electron chi connectivity index (χ2n) is 4.36. The van der Waals surface area contributed by atoms with E-state index in [4.69, 9.17) is 10.5 Å². The Kier molecular flexibility index (Phi) is 5.62. The third-order valence-corrected chi connectivity index (χ3v) is 2.99. The topological polar surface area (TPSA) is 64.3 Å². The van der Waals surface area contributed by atoms with Gasteiger partial charge in [0.1, 0.15) is 5.75 Å². The van der Waals surface area contributed by atoms with Gasteiger partial charge in [0.05, 0.1) is 4.47 Å². The average molecular weight is 315 g/mol. The van der Waals surface area contributed by atoms with Crippen molar-refractivity contribution in [2.75, 3.05) is 0 Å². The maximum Gasteiger partial charge on any atom is 0.260 e. The molecule has 0 spiro atoms. The Morgan fingerprint density at radius 1 is 1.44 bits per heavy atom. The van der Waals surface area contributed by atoms with Gasteiger partial charge in [0, 0.05) is 18.2 Å². The Hall–Kier alpha value is -1.07. The molecule has 0 bridgehead atoms. The Balaban J connectivity index is 2.81. The highest BCUT2D eigenvalue weighted by Gasteiger charge is 2.18. The van der Waals surface area contributed by atoms with Crippen LogP contribution in [0.15, 0.2) is 22.7 Å². The van der Waals surface area contributed by atoms with Gasteiger partial charge in [0.2, 0.25) is 0 Å². The van der Waals surface area contributed by atoms with Gasteiger partial charge in [-0.1, -0.05) is 12.1 Å². The van der Waals surface area contributed by atoms with E-state index in [2.05, 4.69) is 21.2 Å². The maximum atomic E-state index is 11.8. The lowest BCUT2D eigenvalue weighted by atomic mass is 10.2. The van der Waals surface area contributed by atoms with Crippen molar-refractivity contribution in [1.29, 1.82) is 0 Å². The van der Waals surface area contributed by atoms with Gasteiger partial charge in [0.15, 0.2) is 6.10 Å². The fourth-order valence-corrected chi connectivity index (χ4v) is 1.98. The molecule has 3 N–H and O–H groups in total. The number of hydrogen-bond donors (Lipinski definition) is 2. The van der Waals surface area contributed by atoms with E-state index < -0.39 is 6.10 Å². The third kappa shape index (κ3) is 3.99. The molecule has 0 saturated heterocycles. The number of amides is 1. The quantitative estimate of drug-likeness (QED) is 0.875. The zero-order valence-electron chi connectivity index (χ0n) is 10.9. The minimum atomic E-state index is -0.559. The fourth-order valence-electron chi connectivity index (χ4n) is 1.48. The standard InChI is InChI=1S/C13H19BrN2O2/c1-8(2)16-13(17)9(3)18-12-10(7-15)5-4-6-11(12)14/h4-6,8-9H,7,15H2,1-3H3,(H,16,17). The van der Waals surface area contributed by atoms with E-state index in [1.54, 1.807) is 6.92 Å². The van der Waals surface area contributed by atoms with Crippen LogP contribution in [0.5, 0.6) is 5.75 Å². The molecule has 0 radical (unpaired) electrons. The summed E-state index contributed by atoms with van der Waals surface area (Å²) in [6.07, 6.45) is -0.559. The van der Waals surface area contributed by atoms with Crippen LogP contribution in [0.2, 0.25) is 0 Å². The number of hydrogen-bond acceptors (Lipinski definition) is 3. The number of halogens is 1. The summed E-state index contributed by atoms with van der Waals surface area (Å²) in [6, 6.07) is 5.73. The normalized spacial score (nSPS) is 12.3. The Morgan fingerprint density at radius 2 is 2.11 bits per heavy atom. The number of ether oxygens (including phenoxy) is 1. The van der Waals surface area contributed by atoms with Gasteiger partial charge < -0.3 is 15.8 Å². The molecule has 100 valence electrons. The van der Waals surface area contributed by atoms with E-state index in [1.807, 2.05) is 32.0 Å². The van der Waals surface area contributed by atoms with Crippen LogP contribution in [0.1, 0.15) is 26.3 Å². The van der Waals surface area contributed by atoms with E-state index in [-0.39, 0.29) is 11.9 Å². The van der Waals surface area contributed by atoms with Crippen molar-refractivity contribution in [3.63, 3.8) is 0 Å². The fraction of sp³-hybridized carbons (Fsp3) is 0.462. The van der Waals surface area contributed by atoms with Gasteiger partial charge in [-0.15, -0.1) is 0 Å². The van der Waals surface area contributed by atoms with Crippen molar-refractivity contribution < 1.29 is 9.53 Å². The molecule has 1 rings (SSSR count). The summed E-state index contributed by atoms with van der Waals surface area (Å²) in [5.74, 6) is 0.495. The molecule has 1 unspecified atom stereocenters. The Bertz CT molecular complexity index is 421. The SMILES string of the molecule is CC(C)NC(=O)C(C)Oc1c(Br)cccc1CN. The third-order valence-electron chi connectivity index (χ3n) is 2.36. The molecule has 1 atom stereocenters. The summed E-state index contributed by atoms with van der Waals surface area (Å²) in [5.41, 5.74) is 6.52. The van der Waals surface area contributed by atoms with Crippen LogP contribution in [0, 0.1) is 0 Å². The van der Waals surface area contributed by atoms with E-state index in [0.717, 1.165) is 10.0 Å². The van der Waals surface area contributed by atoms with E-state index >= 15 is 0 Å². The molecule has 0 fully saturated rings. The highest BCUT2D eigenvalue weighted by Crippen LogP contribution is 2.29. The predicted octanol–water partition coefficient (Wildman–Crippen LogP) is 2.20. The van der Waals surface area contributed by atoms with Crippen molar-refractivity contribution in [2.24, 2.45) is 5.73 Å². The first-order chi connectivity index (χ1) is 8.45. The first-order valence-electron chi connectivity index (χ1n) is 5.90. The zero-order chi connectivity index (χ0) is 13.7. The minimum absolute atomic E-state index is 0.0942. The monoisotopic (exact) mass is 314 g/mol. The van der Waals surface area contributed by atoms with E-state index in [9.17, 15) is 4.79 Å². The van der Waals surface area contributed by atoms with Gasteiger partial charge in [-0.05, 0) is 42.8 Å². The lowest BCUT2D eigenvalue weighted by molar-refractivity contribution is -0.127. The van der Waals surface area contributed by atoms with Crippen LogP contribution in [-0.4, -0.2) is 18.1 Å². The molecule has 0 aliphatic heterocycles. The molecular formula is C13H19BrN2O2. The van der Waals surface area contributed by atoms with Crippen molar-refractivity contribution in [1.82, 2.24) is 5.32 Å². The minimum Gasteiger partial charge on any atom is -0.479 e. The lowest BCUT2D eigenvalue weighted by Gasteiger charge is -2.19. The molecule has 1 aromatic rings. The molecule has 0 saturated carbocycles. The highest BCUT2D eigenvalue weighted by molar-refractivity contribution is 9.10. The molecule has 0 aliphatic rings. The number of nitrogens with two attached hydrogens (primary N) is 1. The summed E-state index contributed by atoms with van der Waals surface area (Å²) >= 11 is 3.40. The Labute approximate surface area is 116 Å². The van der Waals surface area contributed by atoms with Crippen LogP contribution in [-0.2, 0) is 11.3 Å². The van der Waals surface area contributed by atoms with Crippen LogP contribution in [0.4, 0.5) is 0 Å². The smallest absolute Gasteiger partial charge is 0.260 e. The van der Waals surface area contributed by atoms with Gasteiger partial charge in [-0.3, -0.25) is 4.79 Å². The molecule has 5 heteroatoms. The number of para-hydroxylation sites is 1. The lowest BCUT2D eigenvalue weighted by Crippen LogP contribution is -2.40. The molecule has 18 heavy (non-hydrogen) atoms. The average Bonchev–Trinajstić information content (AvgIpc) is 2.30. The summed E-state index contributed by atoms with van der Waals surface area (Å²) in [5, 5.41) is 2.81. The molecule has 4 nitrogen and oxygen atoms in total. The molecule has 0 heterocycles. The number of carbonyl (C=O) groups is 1.